The molecule has 2 aromatic rings. The Morgan fingerprint density at radius 2 is 2.25 bits per heavy atom. The highest BCUT2D eigenvalue weighted by Crippen LogP contribution is 2.19. The lowest BCUT2D eigenvalue weighted by molar-refractivity contribution is -0.144. The summed E-state index contributed by atoms with van der Waals surface area (Å²) in [7, 11) is 0. The maximum absolute atomic E-state index is 12.3. The number of hydrogen-bond donors (Lipinski definition) is 1. The maximum atomic E-state index is 12.3. The monoisotopic (exact) mass is 330 g/mol. The van der Waals surface area contributed by atoms with Crippen LogP contribution in [0, 0.1) is 6.92 Å². The highest BCUT2D eigenvalue weighted by molar-refractivity contribution is 5.77. The summed E-state index contributed by atoms with van der Waals surface area (Å²) in [5.74, 6) is 1.31. The molecule has 0 spiro atoms. The molecule has 1 aromatic carbocycles. The van der Waals surface area contributed by atoms with Crippen LogP contribution < -0.4 is 0 Å². The zero-order chi connectivity index (χ0) is 16.8. The van der Waals surface area contributed by atoms with Crippen molar-refractivity contribution in [2.45, 2.75) is 19.4 Å². The Kier molecular flexibility index (Phi) is 5.55. The Balaban J connectivity index is 1.43. The van der Waals surface area contributed by atoms with Crippen LogP contribution in [0.3, 0.4) is 0 Å². The van der Waals surface area contributed by atoms with Crippen molar-refractivity contribution in [1.29, 1.82) is 0 Å². The predicted octanol–water partition coefficient (Wildman–Crippen LogP) is 1.27. The van der Waals surface area contributed by atoms with Crippen LogP contribution in [0.15, 0.2) is 30.3 Å². The van der Waals surface area contributed by atoms with E-state index in [4.69, 9.17) is 9.47 Å². The molecule has 0 radical (unpaired) electrons. The lowest BCUT2D eigenvalue weighted by atomic mass is 10.2. The number of rotatable bonds is 6. The van der Waals surface area contributed by atoms with E-state index in [1.54, 1.807) is 4.90 Å². The number of nitrogens with zero attached hydrogens (tertiary/aromatic N) is 3. The van der Waals surface area contributed by atoms with Crippen LogP contribution in [0.25, 0.3) is 0 Å². The van der Waals surface area contributed by atoms with Crippen molar-refractivity contribution in [3.8, 4) is 0 Å². The van der Waals surface area contributed by atoms with E-state index >= 15 is 0 Å². The molecule has 1 saturated heterocycles. The number of H-pyrrole nitrogens is 1. The first-order valence-electron chi connectivity index (χ1n) is 8.12. The van der Waals surface area contributed by atoms with Gasteiger partial charge in [-0.05, 0) is 18.9 Å². The summed E-state index contributed by atoms with van der Waals surface area (Å²) in [6.07, 6.45) is 0.521. The normalized spacial score (nSPS) is 17.9. The number of carbonyl (C=O) groups is 1. The minimum absolute atomic E-state index is 0.0244. The molecule has 24 heavy (non-hydrogen) atoms. The Bertz CT molecular complexity index is 659. The number of amides is 1. The van der Waals surface area contributed by atoms with Crippen LogP contribution >= 0.6 is 0 Å². The summed E-state index contributed by atoms with van der Waals surface area (Å²) in [5.41, 5.74) is 1.20. The molecule has 0 unspecified atom stereocenters. The first kappa shape index (κ1) is 16.6. The molecule has 128 valence electrons. The molecular formula is C17H22N4O3. The van der Waals surface area contributed by atoms with Gasteiger partial charge in [-0.2, -0.15) is 5.10 Å². The van der Waals surface area contributed by atoms with Crippen molar-refractivity contribution in [1.82, 2.24) is 20.1 Å². The van der Waals surface area contributed by atoms with Crippen molar-refractivity contribution in [3.05, 3.63) is 47.5 Å². The van der Waals surface area contributed by atoms with Gasteiger partial charge in [0.05, 0.1) is 19.8 Å². The highest BCUT2D eigenvalue weighted by Gasteiger charge is 2.27. The number of ether oxygens (including phenoxy) is 2. The van der Waals surface area contributed by atoms with Gasteiger partial charge in [-0.25, -0.2) is 4.98 Å². The van der Waals surface area contributed by atoms with Gasteiger partial charge < -0.3 is 14.4 Å². The van der Waals surface area contributed by atoms with Crippen LogP contribution in [-0.4, -0.2) is 58.9 Å². The maximum Gasteiger partial charge on any atom is 0.248 e. The second kappa shape index (κ2) is 8.03. The third-order valence-corrected chi connectivity index (χ3v) is 3.93. The molecule has 1 amide bonds. The summed E-state index contributed by atoms with van der Waals surface area (Å²) in [6.45, 7) is 3.96. The van der Waals surface area contributed by atoms with Gasteiger partial charge in [0.1, 0.15) is 18.5 Å². The van der Waals surface area contributed by atoms with E-state index in [9.17, 15) is 4.79 Å². The van der Waals surface area contributed by atoms with E-state index < -0.39 is 0 Å². The number of benzene rings is 1. The Hall–Kier alpha value is -2.25. The van der Waals surface area contributed by atoms with E-state index in [2.05, 4.69) is 27.3 Å². The van der Waals surface area contributed by atoms with Crippen LogP contribution in [0.2, 0.25) is 0 Å². The molecule has 0 saturated carbocycles. The standard InChI is InChI=1S/C17H22N4O3/c1-13-18-17(20-19-13)15-11-21(8-10-24-15)16(22)12-23-9-7-14-5-3-2-4-6-14/h2-6,15H,7-12H2,1H3,(H,18,19,20)/t15-/m0/s1. The zero-order valence-corrected chi connectivity index (χ0v) is 13.8. The molecule has 1 aromatic heterocycles. The summed E-state index contributed by atoms with van der Waals surface area (Å²) in [5, 5.41) is 6.91. The molecule has 3 rings (SSSR count). The van der Waals surface area contributed by atoms with Gasteiger partial charge in [0.2, 0.25) is 5.91 Å². The fourth-order valence-electron chi connectivity index (χ4n) is 2.62. The average Bonchev–Trinajstić information content (AvgIpc) is 3.06. The summed E-state index contributed by atoms with van der Waals surface area (Å²) in [4.78, 5) is 18.3. The highest BCUT2D eigenvalue weighted by atomic mass is 16.5. The third kappa shape index (κ3) is 4.39. The second-order valence-electron chi connectivity index (χ2n) is 5.77. The lowest BCUT2D eigenvalue weighted by Crippen LogP contribution is -2.44. The Morgan fingerprint density at radius 3 is 3.00 bits per heavy atom. The molecule has 7 heteroatoms. The quantitative estimate of drug-likeness (QED) is 0.807. The number of aromatic amines is 1. The largest absolute Gasteiger partial charge is 0.371 e. The Morgan fingerprint density at radius 1 is 1.42 bits per heavy atom. The molecule has 0 bridgehead atoms. The fraction of sp³-hybridized carbons (Fsp3) is 0.471. The smallest absolute Gasteiger partial charge is 0.248 e. The van der Waals surface area contributed by atoms with Crippen molar-refractivity contribution in [3.63, 3.8) is 0 Å². The minimum Gasteiger partial charge on any atom is -0.371 e. The minimum atomic E-state index is -0.281. The molecule has 1 atom stereocenters. The van der Waals surface area contributed by atoms with Crippen molar-refractivity contribution in [2.75, 3.05) is 32.9 Å². The van der Waals surface area contributed by atoms with Gasteiger partial charge in [0, 0.05) is 6.54 Å². The Labute approximate surface area is 141 Å². The first-order chi connectivity index (χ1) is 11.7. The SMILES string of the molecule is Cc1nc([C@@H]2CN(C(=O)COCCc3ccccc3)CCO2)n[nH]1. The fourth-order valence-corrected chi connectivity index (χ4v) is 2.62. The van der Waals surface area contributed by atoms with Crippen LogP contribution in [0.1, 0.15) is 23.3 Å². The third-order valence-electron chi connectivity index (χ3n) is 3.93. The first-order valence-corrected chi connectivity index (χ1v) is 8.12. The molecular weight excluding hydrogens is 308 g/mol. The van der Waals surface area contributed by atoms with Crippen molar-refractivity contribution < 1.29 is 14.3 Å². The van der Waals surface area contributed by atoms with E-state index in [1.807, 2.05) is 25.1 Å². The van der Waals surface area contributed by atoms with Crippen LogP contribution in [0.4, 0.5) is 0 Å². The number of nitrogens with one attached hydrogen (secondary N) is 1. The van der Waals surface area contributed by atoms with E-state index in [0.717, 1.165) is 12.2 Å². The number of carbonyl (C=O) groups excluding carboxylic acids is 1. The van der Waals surface area contributed by atoms with E-state index in [0.29, 0.717) is 32.1 Å². The molecule has 1 aliphatic heterocycles. The topological polar surface area (TPSA) is 80.3 Å². The average molecular weight is 330 g/mol. The van der Waals surface area contributed by atoms with E-state index in [-0.39, 0.29) is 18.6 Å². The van der Waals surface area contributed by atoms with E-state index in [1.165, 1.54) is 5.56 Å². The molecule has 1 N–H and O–H groups in total. The predicted molar refractivity (Wildman–Crippen MR) is 87.4 cm³/mol. The molecule has 0 aliphatic carbocycles. The van der Waals surface area contributed by atoms with Gasteiger partial charge in [-0.3, -0.25) is 9.89 Å². The number of morpholine rings is 1. The molecule has 1 fully saturated rings. The molecule has 2 heterocycles. The van der Waals surface area contributed by atoms with Crippen molar-refractivity contribution >= 4 is 5.91 Å². The second-order valence-corrected chi connectivity index (χ2v) is 5.77. The number of aromatic nitrogens is 3. The summed E-state index contributed by atoms with van der Waals surface area (Å²) in [6, 6.07) is 10.1. The van der Waals surface area contributed by atoms with Gasteiger partial charge in [-0.1, -0.05) is 30.3 Å². The van der Waals surface area contributed by atoms with Gasteiger partial charge >= 0.3 is 0 Å². The van der Waals surface area contributed by atoms with Gasteiger partial charge in [0.15, 0.2) is 5.82 Å². The zero-order valence-electron chi connectivity index (χ0n) is 13.8. The van der Waals surface area contributed by atoms with Gasteiger partial charge in [-0.15, -0.1) is 0 Å². The summed E-state index contributed by atoms with van der Waals surface area (Å²) < 4.78 is 11.2. The number of aryl methyl sites for hydroxylation is 1. The van der Waals surface area contributed by atoms with Crippen molar-refractivity contribution in [2.24, 2.45) is 0 Å². The van der Waals surface area contributed by atoms with Crippen LogP contribution in [0.5, 0.6) is 0 Å². The molecule has 1 aliphatic rings. The lowest BCUT2D eigenvalue weighted by Gasteiger charge is -2.31. The van der Waals surface area contributed by atoms with Crippen LogP contribution in [-0.2, 0) is 20.7 Å². The molecule has 7 nitrogen and oxygen atoms in total. The van der Waals surface area contributed by atoms with Gasteiger partial charge in [0.25, 0.3) is 0 Å². The number of hydrogen-bond acceptors (Lipinski definition) is 5. The summed E-state index contributed by atoms with van der Waals surface area (Å²) >= 11 is 0.